The van der Waals surface area contributed by atoms with Crippen molar-refractivity contribution >= 4 is 11.9 Å². The Balaban J connectivity index is 2.09. The third-order valence-electron chi connectivity index (χ3n) is 3.83. The molecule has 1 amide bonds. The van der Waals surface area contributed by atoms with Crippen LogP contribution in [-0.4, -0.2) is 25.3 Å². The number of nitrogens with zero attached hydrogens (tertiary/aromatic N) is 3. The van der Waals surface area contributed by atoms with Gasteiger partial charge in [0.1, 0.15) is 5.82 Å². The lowest BCUT2D eigenvalue weighted by molar-refractivity contribution is 0.209. The molecule has 7 heteroatoms. The fourth-order valence-corrected chi connectivity index (χ4v) is 2.72. The third kappa shape index (κ3) is 3.60. The van der Waals surface area contributed by atoms with Gasteiger partial charge in [0.15, 0.2) is 5.82 Å². The van der Waals surface area contributed by atoms with Gasteiger partial charge in [-0.3, -0.25) is 10.1 Å². The molecule has 0 saturated carbocycles. The molecule has 0 saturated heterocycles. The largest absolute Gasteiger partial charge is 0.465 e. The number of amides is 1. The average Bonchev–Trinajstić information content (AvgIpc) is 2.94. The summed E-state index contributed by atoms with van der Waals surface area (Å²) in [7, 11) is 1.68. The molecule has 0 fully saturated rings. The Morgan fingerprint density at radius 3 is 2.60 bits per heavy atom. The van der Waals surface area contributed by atoms with Gasteiger partial charge in [-0.25, -0.2) is 9.78 Å². The number of benzene rings is 1. The van der Waals surface area contributed by atoms with Crippen molar-refractivity contribution in [2.24, 2.45) is 7.05 Å². The molecule has 0 aliphatic carbocycles. The van der Waals surface area contributed by atoms with E-state index in [1.165, 1.54) is 4.57 Å². The molecule has 3 rings (SSSR count). The zero-order chi connectivity index (χ0) is 18.0. The van der Waals surface area contributed by atoms with E-state index in [9.17, 15) is 9.59 Å². The average molecular weight is 338 g/mol. The maximum atomic E-state index is 11.9. The predicted octanol–water partition coefficient (Wildman–Crippen LogP) is 2.70. The highest BCUT2D eigenvalue weighted by Crippen LogP contribution is 2.22. The summed E-state index contributed by atoms with van der Waals surface area (Å²) < 4.78 is 3.36. The molecule has 2 heterocycles. The van der Waals surface area contributed by atoms with Gasteiger partial charge in [-0.2, -0.15) is 0 Å². The number of carboxylic acid groups (broad SMARTS) is 1. The van der Waals surface area contributed by atoms with Crippen LogP contribution in [0.15, 0.2) is 53.6 Å². The van der Waals surface area contributed by atoms with Gasteiger partial charge in [-0.15, -0.1) is 0 Å². The van der Waals surface area contributed by atoms with Crippen LogP contribution in [-0.2, 0) is 13.6 Å². The van der Waals surface area contributed by atoms with E-state index in [2.05, 4.69) is 10.3 Å². The van der Waals surface area contributed by atoms with Crippen LogP contribution in [0.4, 0.5) is 10.6 Å². The van der Waals surface area contributed by atoms with E-state index in [0.29, 0.717) is 17.9 Å². The fraction of sp³-hybridized carbons (Fsp3) is 0.167. The molecule has 0 aliphatic heterocycles. The summed E-state index contributed by atoms with van der Waals surface area (Å²) in [5.74, 6) is 0.830. The van der Waals surface area contributed by atoms with Crippen molar-refractivity contribution in [2.75, 3.05) is 5.32 Å². The SMILES string of the molecule is Cc1cc(-c2nc(NC(=O)O)cn2Cc2ccccc2)cn(C)c1=O. The number of carbonyl (C=O) groups is 1. The molecular weight excluding hydrogens is 320 g/mol. The van der Waals surface area contributed by atoms with E-state index >= 15 is 0 Å². The first-order valence-corrected chi connectivity index (χ1v) is 7.73. The first-order valence-electron chi connectivity index (χ1n) is 7.73. The summed E-state index contributed by atoms with van der Waals surface area (Å²) in [6.45, 7) is 2.28. The molecule has 0 radical (unpaired) electrons. The molecule has 7 nitrogen and oxygen atoms in total. The van der Waals surface area contributed by atoms with Crippen LogP contribution in [0.25, 0.3) is 11.4 Å². The molecule has 0 bridgehead atoms. The number of rotatable bonds is 4. The predicted molar refractivity (Wildman–Crippen MR) is 94.8 cm³/mol. The first kappa shape index (κ1) is 16.5. The van der Waals surface area contributed by atoms with Gasteiger partial charge in [0.25, 0.3) is 5.56 Å². The van der Waals surface area contributed by atoms with Gasteiger partial charge in [0, 0.05) is 37.1 Å². The number of hydrogen-bond donors (Lipinski definition) is 2. The second-order valence-corrected chi connectivity index (χ2v) is 5.82. The minimum atomic E-state index is -1.17. The second kappa shape index (κ2) is 6.64. The Morgan fingerprint density at radius 1 is 1.24 bits per heavy atom. The van der Waals surface area contributed by atoms with E-state index in [1.54, 1.807) is 32.4 Å². The number of anilines is 1. The molecule has 0 atom stereocenters. The Kier molecular flexibility index (Phi) is 4.38. The van der Waals surface area contributed by atoms with E-state index in [0.717, 1.165) is 11.1 Å². The number of nitrogens with one attached hydrogen (secondary N) is 1. The van der Waals surface area contributed by atoms with Crippen molar-refractivity contribution in [1.29, 1.82) is 0 Å². The van der Waals surface area contributed by atoms with Crippen molar-refractivity contribution in [3.8, 4) is 11.4 Å². The van der Waals surface area contributed by atoms with Crippen LogP contribution in [0, 0.1) is 6.92 Å². The lowest BCUT2D eigenvalue weighted by atomic mass is 10.2. The summed E-state index contributed by atoms with van der Waals surface area (Å²) in [4.78, 5) is 27.2. The highest BCUT2D eigenvalue weighted by Gasteiger charge is 2.14. The summed E-state index contributed by atoms with van der Waals surface area (Å²) in [5, 5.41) is 11.2. The van der Waals surface area contributed by atoms with Crippen molar-refractivity contribution in [3.63, 3.8) is 0 Å². The van der Waals surface area contributed by atoms with Crippen molar-refractivity contribution in [1.82, 2.24) is 14.1 Å². The van der Waals surface area contributed by atoms with E-state index in [1.807, 2.05) is 34.9 Å². The molecule has 2 aromatic heterocycles. The highest BCUT2D eigenvalue weighted by molar-refractivity contribution is 5.81. The topological polar surface area (TPSA) is 89.2 Å². The first-order chi connectivity index (χ1) is 11.9. The minimum absolute atomic E-state index is 0.0752. The van der Waals surface area contributed by atoms with Crippen LogP contribution in [0.1, 0.15) is 11.1 Å². The Bertz CT molecular complexity index is 947. The summed E-state index contributed by atoms with van der Waals surface area (Å²) >= 11 is 0. The van der Waals surface area contributed by atoms with Gasteiger partial charge in [-0.1, -0.05) is 30.3 Å². The van der Waals surface area contributed by atoms with Crippen LogP contribution in [0.2, 0.25) is 0 Å². The maximum absolute atomic E-state index is 11.9. The van der Waals surface area contributed by atoms with Crippen LogP contribution < -0.4 is 10.9 Å². The zero-order valence-electron chi connectivity index (χ0n) is 13.9. The number of hydrogen-bond acceptors (Lipinski definition) is 3. The molecule has 128 valence electrons. The molecule has 1 aromatic carbocycles. The Labute approximate surface area is 144 Å². The second-order valence-electron chi connectivity index (χ2n) is 5.82. The van der Waals surface area contributed by atoms with Crippen LogP contribution >= 0.6 is 0 Å². The monoisotopic (exact) mass is 338 g/mol. The van der Waals surface area contributed by atoms with Crippen LogP contribution in [0.5, 0.6) is 0 Å². The molecule has 0 spiro atoms. The normalized spacial score (nSPS) is 10.6. The molecule has 2 N–H and O–H groups in total. The molecule has 25 heavy (non-hydrogen) atoms. The van der Waals surface area contributed by atoms with Gasteiger partial charge in [0.2, 0.25) is 0 Å². The van der Waals surface area contributed by atoms with Crippen molar-refractivity contribution < 1.29 is 9.90 Å². The summed E-state index contributed by atoms with van der Waals surface area (Å²) in [6.07, 6.45) is 2.17. The highest BCUT2D eigenvalue weighted by atomic mass is 16.4. The quantitative estimate of drug-likeness (QED) is 0.765. The number of pyridine rings is 1. The molecule has 0 aliphatic rings. The Hall–Kier alpha value is -3.35. The molecular formula is C18H18N4O3. The Morgan fingerprint density at radius 2 is 1.96 bits per heavy atom. The van der Waals surface area contributed by atoms with Gasteiger partial charge in [-0.05, 0) is 18.6 Å². The van der Waals surface area contributed by atoms with E-state index < -0.39 is 6.09 Å². The van der Waals surface area contributed by atoms with Gasteiger partial charge < -0.3 is 14.2 Å². The van der Waals surface area contributed by atoms with Gasteiger partial charge >= 0.3 is 6.09 Å². The zero-order valence-corrected chi connectivity index (χ0v) is 13.9. The van der Waals surface area contributed by atoms with Crippen molar-refractivity contribution in [2.45, 2.75) is 13.5 Å². The fourth-order valence-electron chi connectivity index (χ4n) is 2.72. The lowest BCUT2D eigenvalue weighted by Crippen LogP contribution is -2.18. The summed E-state index contributed by atoms with van der Waals surface area (Å²) in [6, 6.07) is 11.6. The smallest absolute Gasteiger partial charge is 0.410 e. The lowest BCUT2D eigenvalue weighted by Gasteiger charge is -2.09. The maximum Gasteiger partial charge on any atom is 0.410 e. The van der Waals surface area contributed by atoms with Crippen LogP contribution in [0.3, 0.4) is 0 Å². The summed E-state index contributed by atoms with van der Waals surface area (Å²) in [5.41, 5.74) is 2.33. The number of aryl methyl sites for hydroxylation is 2. The third-order valence-corrected chi connectivity index (χ3v) is 3.83. The molecule has 0 unspecified atom stereocenters. The van der Waals surface area contributed by atoms with Crippen molar-refractivity contribution in [3.05, 3.63) is 70.3 Å². The number of imidazole rings is 1. The molecule has 3 aromatic rings. The van der Waals surface area contributed by atoms with Gasteiger partial charge in [0.05, 0.1) is 0 Å². The number of aromatic nitrogens is 3. The minimum Gasteiger partial charge on any atom is -0.465 e. The van der Waals surface area contributed by atoms with E-state index in [-0.39, 0.29) is 11.4 Å². The standard InChI is InChI=1S/C18H18N4O3/c1-12-8-14(10-21(2)17(12)23)16-19-15(20-18(24)25)11-22(16)9-13-6-4-3-5-7-13/h3-8,10-11,20H,9H2,1-2H3,(H,24,25). The van der Waals surface area contributed by atoms with E-state index in [4.69, 9.17) is 5.11 Å².